The van der Waals surface area contributed by atoms with Crippen LogP contribution in [0.4, 0.5) is 0 Å². The van der Waals surface area contributed by atoms with Crippen LogP contribution in [-0.4, -0.2) is 14.5 Å². The molecule has 0 amide bonds. The number of nitrogens with zero attached hydrogens (tertiary/aromatic N) is 5. The van der Waals surface area contributed by atoms with Crippen molar-refractivity contribution in [3.8, 4) is 67.8 Å². The van der Waals surface area contributed by atoms with Gasteiger partial charge in [0.15, 0.2) is 0 Å². The van der Waals surface area contributed by atoms with Crippen LogP contribution in [0.15, 0.2) is 176 Å². The fraction of sp³-hybridized carbons (Fsp3) is 0. The van der Waals surface area contributed by atoms with Crippen molar-refractivity contribution in [2.75, 3.05) is 0 Å². The van der Waals surface area contributed by atoms with Crippen molar-refractivity contribution in [3.63, 3.8) is 0 Å². The van der Waals surface area contributed by atoms with Crippen LogP contribution in [0.1, 0.15) is 5.56 Å². The summed E-state index contributed by atoms with van der Waals surface area (Å²) in [5, 5.41) is 12.2. The summed E-state index contributed by atoms with van der Waals surface area (Å²) in [5.41, 5.74) is 13.5. The van der Waals surface area contributed by atoms with Crippen molar-refractivity contribution in [1.29, 1.82) is 5.26 Å². The third-order valence-electron chi connectivity index (χ3n) is 10.1. The van der Waals surface area contributed by atoms with Crippen LogP contribution in [-0.2, 0) is 21.1 Å². The summed E-state index contributed by atoms with van der Waals surface area (Å²) in [7, 11) is 0. The van der Waals surface area contributed by atoms with Crippen LogP contribution in [0.2, 0.25) is 0 Å². The molecular formula is C49H29N5Pt. The van der Waals surface area contributed by atoms with E-state index in [1.54, 1.807) is 6.20 Å². The van der Waals surface area contributed by atoms with E-state index in [4.69, 9.17) is 15.0 Å². The standard InChI is InChI=1S/C49H29N5.Pt/c50-30-37-31-51-45(29-43(37)33-16-6-2-7-17-33)36-27-34(32-14-4-1-5-15-32)26-35(28-36)39-21-13-25-46-48(39)53-49(54(46)38-18-8-3-9-19-38)42-23-12-22-41-40-20-10-11-24-44(40)52-47(41)42;/h1-27,29,31H;/q-2;+2. The van der Waals surface area contributed by atoms with Crippen molar-refractivity contribution < 1.29 is 21.1 Å². The predicted octanol–water partition coefficient (Wildman–Crippen LogP) is 11.7. The van der Waals surface area contributed by atoms with E-state index in [1.807, 2.05) is 54.6 Å². The maximum Gasteiger partial charge on any atom is 2.00 e. The number of benzene rings is 7. The number of hydrogen-bond acceptors (Lipinski definition) is 3. The van der Waals surface area contributed by atoms with E-state index < -0.39 is 0 Å². The predicted molar refractivity (Wildman–Crippen MR) is 218 cm³/mol. The van der Waals surface area contributed by atoms with Gasteiger partial charge in [0.05, 0.1) is 16.6 Å². The number of pyridine rings is 1. The molecule has 0 saturated heterocycles. The van der Waals surface area contributed by atoms with E-state index in [9.17, 15) is 5.26 Å². The van der Waals surface area contributed by atoms with Gasteiger partial charge in [-0.1, -0.05) is 156 Å². The van der Waals surface area contributed by atoms with Gasteiger partial charge in [-0.15, -0.1) is 34.8 Å². The maximum absolute atomic E-state index is 10.0. The van der Waals surface area contributed by atoms with Crippen molar-refractivity contribution in [1.82, 2.24) is 19.5 Å². The third-order valence-corrected chi connectivity index (χ3v) is 10.1. The van der Waals surface area contributed by atoms with Crippen molar-refractivity contribution >= 4 is 32.8 Å². The summed E-state index contributed by atoms with van der Waals surface area (Å²) in [4.78, 5) is 15.4. The van der Waals surface area contributed by atoms with E-state index >= 15 is 0 Å². The molecule has 0 unspecified atom stereocenters. The van der Waals surface area contributed by atoms with E-state index in [0.717, 1.165) is 94.6 Å². The van der Waals surface area contributed by atoms with E-state index in [2.05, 4.69) is 132 Å². The minimum absolute atomic E-state index is 0. The van der Waals surface area contributed by atoms with Crippen molar-refractivity contribution in [3.05, 3.63) is 188 Å². The second kappa shape index (κ2) is 14.2. The maximum atomic E-state index is 10.0. The molecule has 10 rings (SSSR count). The molecule has 10 aromatic rings. The second-order valence-electron chi connectivity index (χ2n) is 13.3. The molecule has 3 heterocycles. The van der Waals surface area contributed by atoms with Gasteiger partial charge in [-0.05, 0) is 45.7 Å². The van der Waals surface area contributed by atoms with Crippen LogP contribution in [0.3, 0.4) is 0 Å². The first kappa shape index (κ1) is 33.9. The Morgan fingerprint density at radius 2 is 1.24 bits per heavy atom. The third kappa shape index (κ3) is 5.94. The smallest absolute Gasteiger partial charge is 0.656 e. The summed E-state index contributed by atoms with van der Waals surface area (Å²) in [6.07, 6.45) is 1.66. The number of fused-ring (bicyclic) bond motifs is 4. The minimum atomic E-state index is 0. The number of nitriles is 1. The van der Waals surface area contributed by atoms with E-state index in [1.165, 1.54) is 0 Å². The molecule has 0 radical (unpaired) electrons. The van der Waals surface area contributed by atoms with Crippen molar-refractivity contribution in [2.45, 2.75) is 0 Å². The molecule has 5 nitrogen and oxygen atoms in total. The molecule has 3 aromatic heterocycles. The molecule has 0 atom stereocenters. The topological polar surface area (TPSA) is 68.6 Å². The Morgan fingerprint density at radius 3 is 2.02 bits per heavy atom. The molecule has 55 heavy (non-hydrogen) atoms. The molecule has 0 spiro atoms. The number of aromatic nitrogens is 4. The molecule has 6 heteroatoms. The Bertz CT molecular complexity index is 3050. The van der Waals surface area contributed by atoms with Crippen LogP contribution in [0.5, 0.6) is 0 Å². The van der Waals surface area contributed by atoms with Crippen LogP contribution >= 0.6 is 0 Å². The van der Waals surface area contributed by atoms with Gasteiger partial charge in [0.25, 0.3) is 0 Å². The molecule has 7 aromatic carbocycles. The fourth-order valence-electron chi connectivity index (χ4n) is 7.52. The summed E-state index contributed by atoms with van der Waals surface area (Å²) >= 11 is 0. The molecule has 0 aliphatic heterocycles. The Hall–Kier alpha value is -6.86. The molecule has 260 valence electrons. The summed E-state index contributed by atoms with van der Waals surface area (Å²) in [6.45, 7) is 0. The normalized spacial score (nSPS) is 11.1. The van der Waals surface area contributed by atoms with Crippen LogP contribution < -0.4 is 4.98 Å². The Kier molecular flexibility index (Phi) is 8.75. The number of hydrogen-bond donors (Lipinski definition) is 0. The quantitative estimate of drug-likeness (QED) is 0.156. The van der Waals surface area contributed by atoms with Gasteiger partial charge in [0, 0.05) is 23.1 Å². The molecule has 0 aliphatic carbocycles. The Morgan fingerprint density at radius 1 is 0.582 bits per heavy atom. The van der Waals surface area contributed by atoms with E-state index in [-0.39, 0.29) is 21.1 Å². The van der Waals surface area contributed by atoms with Gasteiger partial charge in [0.2, 0.25) is 0 Å². The molecule has 0 fully saturated rings. The average Bonchev–Trinajstić information content (AvgIpc) is 3.83. The van der Waals surface area contributed by atoms with Gasteiger partial charge in [-0.25, -0.2) is 4.98 Å². The summed E-state index contributed by atoms with van der Waals surface area (Å²) < 4.78 is 2.24. The first-order chi connectivity index (χ1) is 26.7. The van der Waals surface area contributed by atoms with Crippen LogP contribution in [0, 0.1) is 17.4 Å². The SMILES string of the molecule is N#Cc1cnc(-c2[c-]c(-c3cccc4c3nc(-c3cccc5c3[n-]c3ccccc35)n4-c3ccccc3)cc(-c3ccccc3)c2)cc1-c1ccccc1.[Pt+2]. The van der Waals surface area contributed by atoms with Crippen molar-refractivity contribution in [2.24, 2.45) is 0 Å². The average molecular weight is 883 g/mol. The minimum Gasteiger partial charge on any atom is -0.656 e. The molecule has 0 aliphatic rings. The number of imidazole rings is 1. The van der Waals surface area contributed by atoms with Gasteiger partial charge in [-0.3, -0.25) is 9.55 Å². The molecule has 0 N–H and O–H groups in total. The summed E-state index contributed by atoms with van der Waals surface area (Å²) in [5.74, 6) is 0.817. The van der Waals surface area contributed by atoms with Gasteiger partial charge in [-0.2, -0.15) is 5.26 Å². The zero-order chi connectivity index (χ0) is 36.0. The van der Waals surface area contributed by atoms with Crippen LogP contribution in [0.25, 0.3) is 94.6 Å². The zero-order valence-corrected chi connectivity index (χ0v) is 31.6. The molecule has 0 saturated carbocycles. The Balaban J connectivity index is 0.00000397. The van der Waals surface area contributed by atoms with Gasteiger partial charge >= 0.3 is 21.1 Å². The first-order valence-corrected chi connectivity index (χ1v) is 17.8. The van der Waals surface area contributed by atoms with Gasteiger partial charge in [0.1, 0.15) is 11.9 Å². The monoisotopic (exact) mass is 882 g/mol. The largest absolute Gasteiger partial charge is 2.00 e. The Labute approximate surface area is 332 Å². The molecule has 0 bridgehead atoms. The number of rotatable bonds is 6. The zero-order valence-electron chi connectivity index (χ0n) is 29.3. The number of para-hydroxylation sites is 4. The van der Waals surface area contributed by atoms with E-state index in [0.29, 0.717) is 5.56 Å². The molecular weight excluding hydrogens is 854 g/mol. The van der Waals surface area contributed by atoms with Gasteiger partial charge < -0.3 is 4.98 Å². The summed E-state index contributed by atoms with van der Waals surface area (Å²) in [6, 6.07) is 64.1. The fourth-order valence-corrected chi connectivity index (χ4v) is 7.52. The first-order valence-electron chi connectivity index (χ1n) is 17.8. The second-order valence-corrected chi connectivity index (χ2v) is 13.3.